The summed E-state index contributed by atoms with van der Waals surface area (Å²) in [6.45, 7) is 3.44. The minimum atomic E-state index is -0.697. The molecule has 1 aliphatic carbocycles. The summed E-state index contributed by atoms with van der Waals surface area (Å²) in [7, 11) is 0. The molecule has 0 amide bonds. The average molecular weight is 453 g/mol. The van der Waals surface area contributed by atoms with E-state index in [0.717, 1.165) is 37.8 Å². The lowest BCUT2D eigenvalue weighted by Crippen LogP contribution is -2.40. The maximum absolute atomic E-state index is 13.6. The number of nitrogens with zero attached hydrogens (tertiary/aromatic N) is 1. The van der Waals surface area contributed by atoms with Gasteiger partial charge in [0.15, 0.2) is 5.96 Å². The van der Waals surface area contributed by atoms with Crippen LogP contribution in [0.15, 0.2) is 23.2 Å². The van der Waals surface area contributed by atoms with Crippen LogP contribution in [0.25, 0.3) is 0 Å². The molecule has 0 unspecified atom stereocenters. The van der Waals surface area contributed by atoms with Crippen molar-refractivity contribution in [2.24, 2.45) is 4.99 Å². The van der Waals surface area contributed by atoms with Gasteiger partial charge in [0.05, 0.1) is 12.1 Å². The fourth-order valence-electron chi connectivity index (χ4n) is 2.81. The summed E-state index contributed by atoms with van der Waals surface area (Å²) >= 11 is 0. The van der Waals surface area contributed by atoms with Crippen molar-refractivity contribution < 1.29 is 13.9 Å². The summed E-state index contributed by atoms with van der Waals surface area (Å²) in [4.78, 5) is 4.41. The number of hydrogen-bond acceptors (Lipinski definition) is 2. The van der Waals surface area contributed by atoms with Gasteiger partial charge in [-0.1, -0.05) is 12.8 Å². The van der Waals surface area contributed by atoms with E-state index in [9.17, 15) is 13.9 Å². The van der Waals surface area contributed by atoms with Crippen LogP contribution >= 0.6 is 24.0 Å². The van der Waals surface area contributed by atoms with Gasteiger partial charge in [-0.15, -0.1) is 24.0 Å². The lowest BCUT2D eigenvalue weighted by Gasteiger charge is -2.20. The second-order valence-electron chi connectivity index (χ2n) is 6.04. The second kappa shape index (κ2) is 10.1. The Morgan fingerprint density at radius 3 is 2.62 bits per heavy atom. The molecule has 2 rings (SSSR count). The molecule has 1 fully saturated rings. The Labute approximate surface area is 159 Å². The molecule has 7 heteroatoms. The molecule has 0 radical (unpaired) electrons. The summed E-state index contributed by atoms with van der Waals surface area (Å²) in [5, 5.41) is 16.5. The van der Waals surface area contributed by atoms with Crippen LogP contribution in [0.2, 0.25) is 0 Å². The highest BCUT2D eigenvalue weighted by Crippen LogP contribution is 2.29. The molecule has 4 nitrogen and oxygen atoms in total. The summed E-state index contributed by atoms with van der Waals surface area (Å²) in [5.74, 6) is -0.259. The molecule has 0 spiro atoms. The van der Waals surface area contributed by atoms with Crippen molar-refractivity contribution in [2.45, 2.75) is 44.6 Å². The highest BCUT2D eigenvalue weighted by molar-refractivity contribution is 14.0. The topological polar surface area (TPSA) is 56.7 Å². The molecule has 1 saturated carbocycles. The smallest absolute Gasteiger partial charge is 0.191 e. The standard InChI is InChI=1S/C17H25F2N3O.HI/c1-2-20-16(22-12-17(23)8-3-4-9-17)21-10-7-13-11-14(18)5-6-15(13)19;/h5-6,11,23H,2-4,7-10,12H2,1H3,(H2,20,21,22);1H. The molecule has 0 saturated heterocycles. The minimum Gasteiger partial charge on any atom is -0.388 e. The first-order valence-electron chi connectivity index (χ1n) is 8.21. The summed E-state index contributed by atoms with van der Waals surface area (Å²) in [5.41, 5.74) is -0.362. The van der Waals surface area contributed by atoms with Crippen molar-refractivity contribution in [3.05, 3.63) is 35.4 Å². The summed E-state index contributed by atoms with van der Waals surface area (Å²) in [6, 6.07) is 3.46. The number of nitrogens with one attached hydrogen (secondary N) is 2. The number of hydrogen-bond donors (Lipinski definition) is 3. The van der Waals surface area contributed by atoms with E-state index in [4.69, 9.17) is 0 Å². The number of guanidine groups is 1. The quantitative estimate of drug-likeness (QED) is 0.353. The largest absolute Gasteiger partial charge is 0.388 e. The lowest BCUT2D eigenvalue weighted by atomic mass is 10.0. The number of aliphatic hydroxyl groups is 1. The van der Waals surface area contributed by atoms with E-state index in [2.05, 4.69) is 15.6 Å². The van der Waals surface area contributed by atoms with Crippen molar-refractivity contribution in [1.82, 2.24) is 10.6 Å². The van der Waals surface area contributed by atoms with E-state index < -0.39 is 17.2 Å². The average Bonchev–Trinajstić information content (AvgIpc) is 2.95. The highest BCUT2D eigenvalue weighted by atomic mass is 127. The Kier molecular flexibility index (Phi) is 8.90. The molecule has 0 bridgehead atoms. The Hall–Kier alpha value is -0.960. The van der Waals surface area contributed by atoms with Gasteiger partial charge in [-0.2, -0.15) is 0 Å². The van der Waals surface area contributed by atoms with Crippen molar-refractivity contribution in [2.75, 3.05) is 19.6 Å². The van der Waals surface area contributed by atoms with Crippen molar-refractivity contribution in [3.63, 3.8) is 0 Å². The van der Waals surface area contributed by atoms with Crippen LogP contribution in [-0.2, 0) is 6.42 Å². The van der Waals surface area contributed by atoms with Crippen LogP contribution in [0.4, 0.5) is 8.78 Å². The van der Waals surface area contributed by atoms with Crippen LogP contribution < -0.4 is 10.6 Å². The zero-order chi connectivity index (χ0) is 16.7. The van der Waals surface area contributed by atoms with Crippen molar-refractivity contribution in [3.8, 4) is 0 Å². The van der Waals surface area contributed by atoms with Crippen LogP contribution in [0.5, 0.6) is 0 Å². The van der Waals surface area contributed by atoms with Gasteiger partial charge in [0.2, 0.25) is 0 Å². The van der Waals surface area contributed by atoms with Gasteiger partial charge in [0, 0.05) is 13.1 Å². The number of benzene rings is 1. The maximum Gasteiger partial charge on any atom is 0.191 e. The molecular formula is C17H26F2IN3O. The molecule has 136 valence electrons. The molecule has 1 aliphatic rings. The second-order valence-corrected chi connectivity index (χ2v) is 6.04. The van der Waals surface area contributed by atoms with Gasteiger partial charge in [-0.25, -0.2) is 8.78 Å². The monoisotopic (exact) mass is 453 g/mol. The predicted molar refractivity (Wildman–Crippen MR) is 103 cm³/mol. The molecule has 24 heavy (non-hydrogen) atoms. The highest BCUT2D eigenvalue weighted by Gasteiger charge is 2.30. The van der Waals surface area contributed by atoms with E-state index >= 15 is 0 Å². The van der Waals surface area contributed by atoms with E-state index in [1.54, 1.807) is 0 Å². The van der Waals surface area contributed by atoms with Gasteiger partial charge in [0.25, 0.3) is 0 Å². The molecular weight excluding hydrogens is 427 g/mol. The molecule has 0 aromatic heterocycles. The van der Waals surface area contributed by atoms with Crippen LogP contribution in [0, 0.1) is 11.6 Å². The third-order valence-corrected chi connectivity index (χ3v) is 4.10. The van der Waals surface area contributed by atoms with Gasteiger partial charge in [0.1, 0.15) is 11.6 Å². The van der Waals surface area contributed by atoms with E-state index in [-0.39, 0.29) is 24.0 Å². The molecule has 1 aromatic rings. The van der Waals surface area contributed by atoms with Gasteiger partial charge < -0.3 is 15.7 Å². The predicted octanol–water partition coefficient (Wildman–Crippen LogP) is 2.99. The van der Waals surface area contributed by atoms with Crippen LogP contribution in [0.3, 0.4) is 0 Å². The first kappa shape index (κ1) is 21.1. The normalized spacial score (nSPS) is 16.6. The van der Waals surface area contributed by atoms with Gasteiger partial charge >= 0.3 is 0 Å². The first-order valence-corrected chi connectivity index (χ1v) is 8.21. The van der Waals surface area contributed by atoms with Crippen molar-refractivity contribution >= 4 is 29.9 Å². The van der Waals surface area contributed by atoms with Gasteiger partial charge in [-0.05, 0) is 49.9 Å². The molecule has 0 heterocycles. The minimum absolute atomic E-state index is 0. The lowest BCUT2D eigenvalue weighted by molar-refractivity contribution is 0.0574. The van der Waals surface area contributed by atoms with Crippen LogP contribution in [-0.4, -0.2) is 36.3 Å². The third kappa shape index (κ3) is 6.51. The van der Waals surface area contributed by atoms with E-state index in [1.807, 2.05) is 6.92 Å². The number of halogens is 3. The molecule has 1 aromatic carbocycles. The fraction of sp³-hybridized carbons (Fsp3) is 0.588. The Morgan fingerprint density at radius 2 is 1.96 bits per heavy atom. The SMILES string of the molecule is CCNC(=NCC1(O)CCCC1)NCCc1cc(F)ccc1F.I. The van der Waals surface area contributed by atoms with E-state index in [1.165, 1.54) is 6.07 Å². The molecule has 0 atom stereocenters. The van der Waals surface area contributed by atoms with Crippen molar-refractivity contribution in [1.29, 1.82) is 0 Å². The Balaban J connectivity index is 0.00000288. The maximum atomic E-state index is 13.6. The third-order valence-electron chi connectivity index (χ3n) is 4.10. The Morgan fingerprint density at radius 1 is 1.25 bits per heavy atom. The molecule has 3 N–H and O–H groups in total. The summed E-state index contributed by atoms with van der Waals surface area (Å²) in [6.07, 6.45) is 4.00. The summed E-state index contributed by atoms with van der Waals surface area (Å²) < 4.78 is 26.7. The Bertz CT molecular complexity index is 549. The molecule has 0 aliphatic heterocycles. The zero-order valence-corrected chi connectivity index (χ0v) is 16.3. The fourth-order valence-corrected chi connectivity index (χ4v) is 2.81. The number of rotatable bonds is 6. The first-order chi connectivity index (χ1) is 11.0. The zero-order valence-electron chi connectivity index (χ0n) is 13.9. The number of aliphatic imine (C=N–C) groups is 1. The van der Waals surface area contributed by atoms with Gasteiger partial charge in [-0.3, -0.25) is 4.99 Å². The van der Waals surface area contributed by atoms with Crippen LogP contribution in [0.1, 0.15) is 38.2 Å². The van der Waals surface area contributed by atoms with E-state index in [0.29, 0.717) is 37.6 Å².